The topological polar surface area (TPSA) is 20.3 Å². The van der Waals surface area contributed by atoms with Crippen LogP contribution in [0.25, 0.3) is 0 Å². The lowest BCUT2D eigenvalue weighted by molar-refractivity contribution is -0.109. The molecule has 0 fully saturated rings. The van der Waals surface area contributed by atoms with Crippen LogP contribution in [-0.4, -0.2) is 25.0 Å². The molecule has 0 saturated carbocycles. The lowest BCUT2D eigenvalue weighted by atomic mass is 10.2. The third-order valence-corrected chi connectivity index (χ3v) is 2.94. The minimum absolute atomic E-state index is 0.154. The average molecular weight is 247 g/mol. The molecule has 1 aromatic rings. The van der Waals surface area contributed by atoms with Gasteiger partial charge in [0.2, 0.25) is 0 Å². The summed E-state index contributed by atoms with van der Waals surface area (Å²) in [4.78, 5) is 12.8. The van der Waals surface area contributed by atoms with Crippen LogP contribution in [0.3, 0.4) is 0 Å². The Hall–Kier alpha value is -1.40. The molecule has 1 aromatic carbocycles. The monoisotopic (exact) mass is 247 g/mol. The molecule has 0 unspecified atom stereocenters. The largest absolute Gasteiger partial charge is 0.378 e. The second kappa shape index (κ2) is 7.03. The maximum Gasteiger partial charge on any atom is 0.185 e. The molecule has 0 amide bonds. The molecule has 0 aromatic heterocycles. The number of anilines is 1. The Labute approximate surface area is 107 Å². The van der Waals surface area contributed by atoms with Crippen LogP contribution in [0.1, 0.15) is 18.9 Å². The maximum absolute atomic E-state index is 10.7. The van der Waals surface area contributed by atoms with Crippen molar-refractivity contribution in [3.05, 3.63) is 29.8 Å². The van der Waals surface area contributed by atoms with E-state index >= 15 is 0 Å². The van der Waals surface area contributed by atoms with Crippen molar-refractivity contribution in [2.75, 3.05) is 24.7 Å². The van der Waals surface area contributed by atoms with E-state index in [0.717, 1.165) is 23.4 Å². The predicted molar refractivity (Wildman–Crippen MR) is 75.4 cm³/mol. The molecule has 3 heteroatoms. The molecule has 0 saturated heterocycles. The number of carbonyl (C=O) groups excluding carboxylic acids is 1. The Bertz CT molecular complexity index is 443. The van der Waals surface area contributed by atoms with E-state index in [4.69, 9.17) is 0 Å². The van der Waals surface area contributed by atoms with Gasteiger partial charge in [-0.3, -0.25) is 4.79 Å². The van der Waals surface area contributed by atoms with Gasteiger partial charge >= 0.3 is 0 Å². The summed E-state index contributed by atoms with van der Waals surface area (Å²) in [6.45, 7) is 1.58. The fourth-order valence-electron chi connectivity index (χ4n) is 1.27. The average Bonchev–Trinajstić information content (AvgIpc) is 2.28. The third-order valence-electron chi connectivity index (χ3n) is 2.13. The van der Waals surface area contributed by atoms with Crippen LogP contribution in [0.15, 0.2) is 24.3 Å². The van der Waals surface area contributed by atoms with Gasteiger partial charge in [-0.05, 0) is 18.2 Å². The van der Waals surface area contributed by atoms with Crippen LogP contribution >= 0.6 is 11.8 Å². The number of benzene rings is 1. The van der Waals surface area contributed by atoms with Crippen LogP contribution in [-0.2, 0) is 4.79 Å². The van der Waals surface area contributed by atoms with Gasteiger partial charge in [-0.1, -0.05) is 29.7 Å². The standard InChI is InChI=1S/C14H17NOS/c1-12(16)17-10-5-4-7-13-8-6-9-14(11-13)15(2)3/h6,8-9,11H,5,10H2,1-3H3. The van der Waals surface area contributed by atoms with Crippen molar-refractivity contribution in [3.8, 4) is 11.8 Å². The van der Waals surface area contributed by atoms with Crippen LogP contribution in [0, 0.1) is 11.8 Å². The normalized spacial score (nSPS) is 9.35. The highest BCUT2D eigenvalue weighted by atomic mass is 32.2. The first kappa shape index (κ1) is 13.7. The molecule has 90 valence electrons. The molecule has 17 heavy (non-hydrogen) atoms. The Morgan fingerprint density at radius 1 is 1.41 bits per heavy atom. The van der Waals surface area contributed by atoms with Gasteiger partial charge in [-0.2, -0.15) is 0 Å². The van der Waals surface area contributed by atoms with Crippen LogP contribution in [0.4, 0.5) is 5.69 Å². The second-order valence-electron chi connectivity index (χ2n) is 3.84. The number of nitrogens with zero attached hydrogens (tertiary/aromatic N) is 1. The van der Waals surface area contributed by atoms with E-state index in [2.05, 4.69) is 28.9 Å². The molecule has 0 aliphatic rings. The predicted octanol–water partition coefficient (Wildman–Crippen LogP) is 2.77. The molecule has 0 aliphatic carbocycles. The Kier molecular flexibility index (Phi) is 5.65. The third kappa shape index (κ3) is 5.46. The summed E-state index contributed by atoms with van der Waals surface area (Å²) < 4.78 is 0. The quantitative estimate of drug-likeness (QED) is 0.605. The highest BCUT2D eigenvalue weighted by molar-refractivity contribution is 8.13. The number of rotatable bonds is 3. The summed E-state index contributed by atoms with van der Waals surface area (Å²) in [5.41, 5.74) is 2.17. The summed E-state index contributed by atoms with van der Waals surface area (Å²) in [6.07, 6.45) is 0.746. The molecule has 0 N–H and O–H groups in total. The molecule has 0 atom stereocenters. The molecule has 0 bridgehead atoms. The van der Waals surface area contributed by atoms with E-state index in [1.807, 2.05) is 26.2 Å². The number of carbonyl (C=O) groups is 1. The highest BCUT2D eigenvalue weighted by Crippen LogP contribution is 2.12. The van der Waals surface area contributed by atoms with Gasteiger partial charge in [-0.25, -0.2) is 0 Å². The summed E-state index contributed by atoms with van der Waals surface area (Å²) in [5, 5.41) is 0.154. The lowest BCUT2D eigenvalue weighted by Gasteiger charge is -2.11. The first-order valence-electron chi connectivity index (χ1n) is 5.49. The summed E-state index contributed by atoms with van der Waals surface area (Å²) >= 11 is 1.32. The van der Waals surface area contributed by atoms with Gasteiger partial charge in [0.15, 0.2) is 5.12 Å². The van der Waals surface area contributed by atoms with Gasteiger partial charge in [0.25, 0.3) is 0 Å². The van der Waals surface area contributed by atoms with Crippen molar-refractivity contribution in [2.24, 2.45) is 0 Å². The first-order chi connectivity index (χ1) is 8.09. The Morgan fingerprint density at radius 3 is 2.82 bits per heavy atom. The van der Waals surface area contributed by atoms with Gasteiger partial charge in [0.1, 0.15) is 0 Å². The fourth-order valence-corrected chi connectivity index (χ4v) is 1.76. The van der Waals surface area contributed by atoms with Crippen molar-refractivity contribution < 1.29 is 4.79 Å². The molecule has 0 heterocycles. The van der Waals surface area contributed by atoms with Crippen molar-refractivity contribution >= 4 is 22.6 Å². The zero-order valence-corrected chi connectivity index (χ0v) is 11.3. The van der Waals surface area contributed by atoms with Gasteiger partial charge < -0.3 is 4.90 Å². The van der Waals surface area contributed by atoms with E-state index in [0.29, 0.717) is 0 Å². The van der Waals surface area contributed by atoms with Crippen LogP contribution < -0.4 is 4.90 Å². The number of hydrogen-bond acceptors (Lipinski definition) is 3. The summed E-state index contributed by atoms with van der Waals surface area (Å²) in [5.74, 6) is 6.97. The maximum atomic E-state index is 10.7. The molecule has 0 aliphatic heterocycles. The summed E-state index contributed by atoms with van der Waals surface area (Å²) in [6, 6.07) is 8.11. The van der Waals surface area contributed by atoms with E-state index in [1.165, 1.54) is 11.8 Å². The van der Waals surface area contributed by atoms with E-state index in [1.54, 1.807) is 6.92 Å². The molecule has 1 rings (SSSR count). The second-order valence-corrected chi connectivity index (χ2v) is 5.11. The Morgan fingerprint density at radius 2 is 2.18 bits per heavy atom. The van der Waals surface area contributed by atoms with Crippen molar-refractivity contribution in [1.29, 1.82) is 0 Å². The highest BCUT2D eigenvalue weighted by Gasteiger charge is 1.95. The van der Waals surface area contributed by atoms with E-state index < -0.39 is 0 Å². The number of thioether (sulfide) groups is 1. The van der Waals surface area contributed by atoms with Crippen molar-refractivity contribution in [1.82, 2.24) is 0 Å². The minimum atomic E-state index is 0.154. The van der Waals surface area contributed by atoms with E-state index in [9.17, 15) is 4.79 Å². The van der Waals surface area contributed by atoms with Gasteiger partial charge in [0.05, 0.1) is 0 Å². The first-order valence-corrected chi connectivity index (χ1v) is 6.48. The van der Waals surface area contributed by atoms with Crippen molar-refractivity contribution in [3.63, 3.8) is 0 Å². The van der Waals surface area contributed by atoms with Crippen LogP contribution in [0.2, 0.25) is 0 Å². The number of hydrogen-bond donors (Lipinski definition) is 0. The van der Waals surface area contributed by atoms with E-state index in [-0.39, 0.29) is 5.12 Å². The molecule has 0 spiro atoms. The van der Waals surface area contributed by atoms with Gasteiger partial charge in [0, 0.05) is 44.4 Å². The Balaban J connectivity index is 2.53. The molecular weight excluding hydrogens is 230 g/mol. The minimum Gasteiger partial charge on any atom is -0.378 e. The molecule has 2 nitrogen and oxygen atoms in total. The smallest absolute Gasteiger partial charge is 0.185 e. The van der Waals surface area contributed by atoms with Gasteiger partial charge in [-0.15, -0.1) is 0 Å². The summed E-state index contributed by atoms with van der Waals surface area (Å²) in [7, 11) is 4.02. The SMILES string of the molecule is CC(=O)SCCC#Cc1cccc(N(C)C)c1. The molecular formula is C14H17NOS. The zero-order valence-electron chi connectivity index (χ0n) is 10.5. The lowest BCUT2D eigenvalue weighted by Crippen LogP contribution is -2.08. The zero-order chi connectivity index (χ0) is 12.7. The molecule has 0 radical (unpaired) electrons. The fraction of sp³-hybridized carbons (Fsp3) is 0.357. The van der Waals surface area contributed by atoms with Crippen molar-refractivity contribution in [2.45, 2.75) is 13.3 Å². The van der Waals surface area contributed by atoms with Crippen LogP contribution in [0.5, 0.6) is 0 Å².